The van der Waals surface area contributed by atoms with Crippen molar-refractivity contribution in [2.24, 2.45) is 4.99 Å². The van der Waals surface area contributed by atoms with Gasteiger partial charge in [-0.2, -0.15) is 0 Å². The normalized spacial score (nSPS) is 11.7. The van der Waals surface area contributed by atoms with Crippen LogP contribution in [0.2, 0.25) is 0 Å². The second-order valence-electron chi connectivity index (χ2n) is 4.87. The molecule has 23 heavy (non-hydrogen) atoms. The number of thiophene rings is 1. The Morgan fingerprint density at radius 3 is 2.87 bits per heavy atom. The smallest absolute Gasteiger partial charge is 0.190 e. The number of nitrogens with zero attached hydrogens (tertiary/aromatic N) is 1. The highest BCUT2D eigenvalue weighted by Crippen LogP contribution is 2.18. The van der Waals surface area contributed by atoms with Crippen LogP contribution in [0.25, 0.3) is 0 Å². The molecule has 0 saturated carbocycles. The van der Waals surface area contributed by atoms with E-state index in [9.17, 15) is 0 Å². The van der Waals surface area contributed by atoms with E-state index < -0.39 is 0 Å². The van der Waals surface area contributed by atoms with Gasteiger partial charge in [0, 0.05) is 31.6 Å². The monoisotopic (exact) mass is 447 g/mol. The lowest BCUT2D eigenvalue weighted by Crippen LogP contribution is -2.38. The molecular weight excluding hydrogens is 425 g/mol. The van der Waals surface area contributed by atoms with Gasteiger partial charge in [0.05, 0.1) is 9.15 Å². The number of aliphatic imine (C=N–C) groups is 1. The average Bonchev–Trinajstić information content (AvgIpc) is 3.20. The van der Waals surface area contributed by atoms with Gasteiger partial charge in [-0.1, -0.05) is 0 Å². The number of hydrogen-bond donors (Lipinski definition) is 2. The molecule has 0 aliphatic rings. The van der Waals surface area contributed by atoms with E-state index in [1.165, 1.54) is 7.76 Å². The Morgan fingerprint density at radius 1 is 1.30 bits per heavy atom. The quantitative estimate of drug-likeness (QED) is 0.268. The lowest BCUT2D eigenvalue weighted by molar-refractivity contribution is 0.105. The topological polar surface area (TPSA) is 58.8 Å². The largest absolute Gasteiger partial charge is 0.467 e. The minimum Gasteiger partial charge on any atom is -0.467 e. The molecular formula is C16H22IN3O2S. The summed E-state index contributed by atoms with van der Waals surface area (Å²) in [6.45, 7) is 2.93. The highest BCUT2D eigenvalue weighted by molar-refractivity contribution is 14.1. The second-order valence-corrected chi connectivity index (χ2v) is 7.93. The molecule has 0 saturated heterocycles. The maximum absolute atomic E-state index is 5.54. The first-order valence-electron chi connectivity index (χ1n) is 7.57. The number of hydrogen-bond acceptors (Lipinski definition) is 4. The number of nitrogens with one attached hydrogen (secondary N) is 2. The standard InChI is InChI=1S/C16H22IN3O2S/c1-18-16(20-9-7-14-5-6-15(17)23-14)19-8-3-10-21-12-13-4-2-11-22-13/h2,4-6,11H,3,7-10,12H2,1H3,(H2,18,19,20). The molecule has 0 aromatic carbocycles. The zero-order chi connectivity index (χ0) is 16.3. The van der Waals surface area contributed by atoms with Crippen LogP contribution in [-0.2, 0) is 17.8 Å². The van der Waals surface area contributed by atoms with E-state index in [2.05, 4.69) is 50.3 Å². The Bertz CT molecular complexity index is 584. The molecule has 2 heterocycles. The molecule has 5 nitrogen and oxygen atoms in total. The Kier molecular flexibility index (Phi) is 8.48. The first kappa shape index (κ1) is 18.3. The lowest BCUT2D eigenvalue weighted by Gasteiger charge is -2.11. The van der Waals surface area contributed by atoms with Crippen molar-refractivity contribution < 1.29 is 9.15 Å². The van der Waals surface area contributed by atoms with E-state index in [4.69, 9.17) is 9.15 Å². The highest BCUT2D eigenvalue weighted by atomic mass is 127. The summed E-state index contributed by atoms with van der Waals surface area (Å²) < 4.78 is 12.1. The van der Waals surface area contributed by atoms with Crippen LogP contribution in [0, 0.1) is 2.88 Å². The molecule has 0 bridgehead atoms. The predicted molar refractivity (Wildman–Crippen MR) is 103 cm³/mol. The molecule has 2 rings (SSSR count). The van der Waals surface area contributed by atoms with Gasteiger partial charge in [-0.05, 0) is 59.7 Å². The van der Waals surface area contributed by atoms with E-state index in [1.807, 2.05) is 23.5 Å². The molecule has 0 amide bonds. The first-order valence-corrected chi connectivity index (χ1v) is 9.46. The third kappa shape index (κ3) is 7.36. The van der Waals surface area contributed by atoms with Gasteiger partial charge in [0.25, 0.3) is 0 Å². The second kappa shape index (κ2) is 10.7. The van der Waals surface area contributed by atoms with Gasteiger partial charge < -0.3 is 19.8 Å². The summed E-state index contributed by atoms with van der Waals surface area (Å²) in [6, 6.07) is 8.11. The van der Waals surface area contributed by atoms with Crippen LogP contribution in [0.5, 0.6) is 0 Å². The van der Waals surface area contributed by atoms with Crippen molar-refractivity contribution in [1.29, 1.82) is 0 Å². The molecule has 126 valence electrons. The van der Waals surface area contributed by atoms with Crippen LogP contribution >= 0.6 is 33.9 Å². The molecule has 0 spiro atoms. The van der Waals surface area contributed by atoms with Gasteiger partial charge in [0.15, 0.2) is 5.96 Å². The van der Waals surface area contributed by atoms with E-state index in [0.29, 0.717) is 13.2 Å². The van der Waals surface area contributed by atoms with Crippen molar-refractivity contribution >= 4 is 39.9 Å². The van der Waals surface area contributed by atoms with Gasteiger partial charge in [-0.25, -0.2) is 0 Å². The molecule has 0 aliphatic carbocycles. The van der Waals surface area contributed by atoms with Crippen molar-refractivity contribution in [2.75, 3.05) is 26.7 Å². The minimum atomic E-state index is 0.527. The first-order chi connectivity index (χ1) is 11.3. The van der Waals surface area contributed by atoms with E-state index >= 15 is 0 Å². The molecule has 0 unspecified atom stereocenters. The Labute approximate surface area is 154 Å². The number of guanidine groups is 1. The molecule has 7 heteroatoms. The zero-order valence-electron chi connectivity index (χ0n) is 13.2. The summed E-state index contributed by atoms with van der Waals surface area (Å²) in [5.41, 5.74) is 0. The minimum absolute atomic E-state index is 0.527. The summed E-state index contributed by atoms with van der Waals surface area (Å²) >= 11 is 4.18. The van der Waals surface area contributed by atoms with Crippen molar-refractivity contribution in [3.05, 3.63) is 44.0 Å². The zero-order valence-corrected chi connectivity index (χ0v) is 16.2. The molecule has 2 aromatic heterocycles. The van der Waals surface area contributed by atoms with Crippen LogP contribution in [-0.4, -0.2) is 32.7 Å². The SMILES string of the molecule is CN=C(NCCCOCc1ccco1)NCCc1ccc(I)s1. The molecule has 2 aromatic rings. The Morgan fingerprint density at radius 2 is 2.17 bits per heavy atom. The summed E-state index contributed by atoms with van der Waals surface area (Å²) in [7, 11) is 1.79. The number of halogens is 1. The van der Waals surface area contributed by atoms with Crippen molar-refractivity contribution in [2.45, 2.75) is 19.4 Å². The third-order valence-electron chi connectivity index (χ3n) is 3.10. The Balaban J connectivity index is 1.51. The van der Waals surface area contributed by atoms with Crippen molar-refractivity contribution in [1.82, 2.24) is 10.6 Å². The highest BCUT2D eigenvalue weighted by Gasteiger charge is 2.00. The van der Waals surface area contributed by atoms with Crippen LogP contribution in [0.3, 0.4) is 0 Å². The van der Waals surface area contributed by atoms with Gasteiger partial charge in [-0.15, -0.1) is 11.3 Å². The number of furan rings is 1. The van der Waals surface area contributed by atoms with E-state index in [1.54, 1.807) is 13.3 Å². The van der Waals surface area contributed by atoms with Crippen LogP contribution in [0.4, 0.5) is 0 Å². The Hall–Kier alpha value is -1.06. The summed E-state index contributed by atoms with van der Waals surface area (Å²) in [4.78, 5) is 5.62. The number of rotatable bonds is 9. The van der Waals surface area contributed by atoms with E-state index in [0.717, 1.165) is 37.7 Å². The predicted octanol–water partition coefficient (Wildman–Crippen LogP) is 3.26. The maximum atomic E-state index is 5.54. The van der Waals surface area contributed by atoms with Crippen LogP contribution in [0.15, 0.2) is 39.9 Å². The average molecular weight is 447 g/mol. The third-order valence-corrected chi connectivity index (χ3v) is 5.05. The maximum Gasteiger partial charge on any atom is 0.190 e. The van der Waals surface area contributed by atoms with Gasteiger partial charge in [0.1, 0.15) is 12.4 Å². The van der Waals surface area contributed by atoms with E-state index in [-0.39, 0.29) is 0 Å². The summed E-state index contributed by atoms with van der Waals surface area (Å²) in [5, 5.41) is 6.62. The molecule has 2 N–H and O–H groups in total. The fourth-order valence-corrected chi connectivity index (χ4v) is 3.71. The van der Waals surface area contributed by atoms with Gasteiger partial charge >= 0.3 is 0 Å². The van der Waals surface area contributed by atoms with Crippen LogP contribution < -0.4 is 10.6 Å². The number of ether oxygens (including phenoxy) is 1. The fraction of sp³-hybridized carbons (Fsp3) is 0.438. The van der Waals surface area contributed by atoms with Gasteiger partial charge in [-0.3, -0.25) is 4.99 Å². The molecule has 0 radical (unpaired) electrons. The van der Waals surface area contributed by atoms with Gasteiger partial charge in [0.2, 0.25) is 0 Å². The molecule has 0 aliphatic heterocycles. The summed E-state index contributed by atoms with van der Waals surface area (Å²) in [5.74, 6) is 1.70. The molecule has 0 fully saturated rings. The van der Waals surface area contributed by atoms with Crippen molar-refractivity contribution in [3.8, 4) is 0 Å². The fourth-order valence-electron chi connectivity index (χ4n) is 1.96. The summed E-state index contributed by atoms with van der Waals surface area (Å²) in [6.07, 6.45) is 3.60. The molecule has 0 atom stereocenters. The van der Waals surface area contributed by atoms with Crippen molar-refractivity contribution in [3.63, 3.8) is 0 Å². The lowest BCUT2D eigenvalue weighted by atomic mass is 10.3. The van der Waals surface area contributed by atoms with Crippen LogP contribution in [0.1, 0.15) is 17.1 Å².